The van der Waals surface area contributed by atoms with Gasteiger partial charge in [0.25, 0.3) is 0 Å². The Hall–Kier alpha value is 0.650. The first-order chi connectivity index (χ1) is 4.84. The zero-order valence-corrected chi connectivity index (χ0v) is 8.80. The second kappa shape index (κ2) is 4.51. The minimum atomic E-state index is 0.00694. The van der Waals surface area contributed by atoms with E-state index in [0.717, 1.165) is 10.7 Å². The predicted molar refractivity (Wildman–Crippen MR) is 37.3 cm³/mol. The SMILES string of the molecule is CCO[I-][C@H]1CCCN1C. The van der Waals surface area contributed by atoms with Crippen LogP contribution in [0.4, 0.5) is 0 Å². The van der Waals surface area contributed by atoms with Crippen LogP contribution in [0, 0.1) is 0 Å². The van der Waals surface area contributed by atoms with Crippen LogP contribution in [0.1, 0.15) is 19.8 Å². The summed E-state index contributed by atoms with van der Waals surface area (Å²) in [5.74, 6) is 0. The number of hydrogen-bond acceptors (Lipinski definition) is 2. The Bertz CT molecular complexity index is 99.6. The Balaban J connectivity index is 2.14. The molecule has 2 nitrogen and oxygen atoms in total. The van der Waals surface area contributed by atoms with Crippen molar-refractivity contribution in [1.29, 1.82) is 0 Å². The Morgan fingerprint density at radius 1 is 1.70 bits per heavy atom. The van der Waals surface area contributed by atoms with Crippen LogP contribution in [-0.2, 0) is 3.07 Å². The zero-order chi connectivity index (χ0) is 7.40. The molecule has 0 aromatic heterocycles. The van der Waals surface area contributed by atoms with Crippen LogP contribution in [0.3, 0.4) is 0 Å². The van der Waals surface area contributed by atoms with Gasteiger partial charge in [0.15, 0.2) is 0 Å². The average Bonchev–Trinajstić information content (AvgIpc) is 2.31. The molecule has 1 aliphatic heterocycles. The Kier molecular flexibility index (Phi) is 3.95. The van der Waals surface area contributed by atoms with Gasteiger partial charge in [-0.25, -0.2) is 0 Å². The fourth-order valence-electron chi connectivity index (χ4n) is 1.12. The van der Waals surface area contributed by atoms with Gasteiger partial charge in [-0.1, -0.05) is 0 Å². The molecule has 3 heteroatoms. The third-order valence-corrected chi connectivity index (χ3v) is 4.85. The van der Waals surface area contributed by atoms with Crippen molar-refractivity contribution in [3.63, 3.8) is 0 Å². The van der Waals surface area contributed by atoms with Gasteiger partial charge in [0, 0.05) is 0 Å². The average molecular weight is 256 g/mol. The van der Waals surface area contributed by atoms with Gasteiger partial charge in [0.1, 0.15) is 0 Å². The number of halogens is 1. The van der Waals surface area contributed by atoms with E-state index in [1.165, 1.54) is 19.4 Å². The van der Waals surface area contributed by atoms with E-state index >= 15 is 0 Å². The summed E-state index contributed by atoms with van der Waals surface area (Å²) in [4.78, 5) is 2.43. The molecule has 1 fully saturated rings. The second-order valence-corrected chi connectivity index (χ2v) is 5.11. The van der Waals surface area contributed by atoms with Crippen LogP contribution in [0.2, 0.25) is 0 Å². The van der Waals surface area contributed by atoms with Gasteiger partial charge in [-0.05, 0) is 0 Å². The summed E-state index contributed by atoms with van der Waals surface area (Å²) in [5, 5.41) is 0. The molecule has 1 aliphatic rings. The first kappa shape index (κ1) is 8.74. The van der Waals surface area contributed by atoms with E-state index in [0.29, 0.717) is 0 Å². The van der Waals surface area contributed by atoms with E-state index in [-0.39, 0.29) is 21.6 Å². The monoisotopic (exact) mass is 256 g/mol. The Morgan fingerprint density at radius 3 is 3.00 bits per heavy atom. The molecule has 0 radical (unpaired) electrons. The Labute approximate surface area is 73.7 Å². The molecule has 1 heterocycles. The molecule has 62 valence electrons. The summed E-state index contributed by atoms with van der Waals surface area (Å²) < 4.78 is 6.26. The van der Waals surface area contributed by atoms with Crippen LogP contribution in [-0.4, -0.2) is 29.1 Å². The molecule has 0 aromatic carbocycles. The van der Waals surface area contributed by atoms with Crippen molar-refractivity contribution in [3.8, 4) is 0 Å². The van der Waals surface area contributed by atoms with E-state index in [2.05, 4.69) is 18.9 Å². The van der Waals surface area contributed by atoms with Crippen molar-refractivity contribution in [2.75, 3.05) is 20.2 Å². The number of likely N-dealkylation sites (tertiary alicyclic amines) is 1. The molecule has 0 saturated carbocycles. The molecule has 1 atom stereocenters. The molecule has 10 heavy (non-hydrogen) atoms. The van der Waals surface area contributed by atoms with E-state index in [9.17, 15) is 0 Å². The van der Waals surface area contributed by atoms with Crippen molar-refractivity contribution in [2.45, 2.75) is 23.8 Å². The maximum atomic E-state index is 5.46. The van der Waals surface area contributed by atoms with Gasteiger partial charge in [-0.15, -0.1) is 0 Å². The first-order valence-electron chi connectivity index (χ1n) is 3.80. The van der Waals surface area contributed by atoms with Crippen LogP contribution in [0.5, 0.6) is 0 Å². The van der Waals surface area contributed by atoms with Crippen molar-refractivity contribution >= 4 is 0 Å². The summed E-state index contributed by atoms with van der Waals surface area (Å²) in [5.41, 5.74) is 0. The summed E-state index contributed by atoms with van der Waals surface area (Å²) in [7, 11) is 2.20. The van der Waals surface area contributed by atoms with Gasteiger partial charge in [-0.2, -0.15) is 0 Å². The van der Waals surface area contributed by atoms with Crippen molar-refractivity contribution < 1.29 is 24.7 Å². The number of rotatable bonds is 3. The fourth-order valence-corrected chi connectivity index (χ4v) is 3.25. The first-order valence-corrected chi connectivity index (χ1v) is 5.92. The molecular formula is C7H15INO-. The molecular weight excluding hydrogens is 241 g/mol. The number of hydrogen-bond donors (Lipinski definition) is 0. The summed E-state index contributed by atoms with van der Waals surface area (Å²) in [6.07, 6.45) is 2.73. The molecule has 0 N–H and O–H groups in total. The molecule has 1 rings (SSSR count). The summed E-state index contributed by atoms with van der Waals surface area (Å²) in [6, 6.07) is 0. The summed E-state index contributed by atoms with van der Waals surface area (Å²) >= 11 is 0.00694. The van der Waals surface area contributed by atoms with E-state index in [4.69, 9.17) is 3.07 Å². The standard InChI is InChI=1S/C7H15INO/c1-3-10-8-7-5-4-6-9(7)2/h7H,3-6H2,1-2H3/q-1/t7-/m1/s1. The van der Waals surface area contributed by atoms with Gasteiger partial charge < -0.3 is 0 Å². The molecule has 0 bridgehead atoms. The Morgan fingerprint density at radius 2 is 2.50 bits per heavy atom. The quantitative estimate of drug-likeness (QED) is 0.331. The van der Waals surface area contributed by atoms with E-state index < -0.39 is 0 Å². The predicted octanol–water partition coefficient (Wildman–Crippen LogP) is -1.92. The van der Waals surface area contributed by atoms with Crippen LogP contribution in [0.25, 0.3) is 0 Å². The molecule has 0 aromatic rings. The van der Waals surface area contributed by atoms with E-state index in [1.54, 1.807) is 0 Å². The second-order valence-electron chi connectivity index (χ2n) is 2.54. The van der Waals surface area contributed by atoms with Crippen molar-refractivity contribution in [3.05, 3.63) is 0 Å². The van der Waals surface area contributed by atoms with Gasteiger partial charge >= 0.3 is 73.6 Å². The fraction of sp³-hybridized carbons (Fsp3) is 1.00. The van der Waals surface area contributed by atoms with Gasteiger partial charge in [0.2, 0.25) is 0 Å². The topological polar surface area (TPSA) is 12.5 Å². The van der Waals surface area contributed by atoms with Crippen molar-refractivity contribution in [2.24, 2.45) is 0 Å². The van der Waals surface area contributed by atoms with Crippen LogP contribution >= 0.6 is 0 Å². The minimum absolute atomic E-state index is 0.00694. The number of nitrogens with zero attached hydrogens (tertiary/aromatic N) is 1. The van der Waals surface area contributed by atoms with Crippen LogP contribution < -0.4 is 21.6 Å². The van der Waals surface area contributed by atoms with Gasteiger partial charge in [0.05, 0.1) is 0 Å². The molecule has 0 aliphatic carbocycles. The normalized spacial score (nSPS) is 28.0. The number of alkyl halides is 1. The molecule has 0 unspecified atom stereocenters. The zero-order valence-electron chi connectivity index (χ0n) is 6.64. The third kappa shape index (κ3) is 2.36. The van der Waals surface area contributed by atoms with E-state index in [1.807, 2.05) is 0 Å². The maximum absolute atomic E-state index is 5.46. The molecule has 0 spiro atoms. The molecule has 0 amide bonds. The summed E-state index contributed by atoms with van der Waals surface area (Å²) in [6.45, 7) is 4.25. The molecule has 1 saturated heterocycles. The third-order valence-electron chi connectivity index (χ3n) is 1.71. The van der Waals surface area contributed by atoms with Crippen molar-refractivity contribution in [1.82, 2.24) is 4.90 Å². The van der Waals surface area contributed by atoms with Gasteiger partial charge in [-0.3, -0.25) is 0 Å². The van der Waals surface area contributed by atoms with Crippen LogP contribution in [0.15, 0.2) is 0 Å².